The summed E-state index contributed by atoms with van der Waals surface area (Å²) in [6.45, 7) is 13.7. The molecule has 1 aromatic rings. The molecule has 0 saturated heterocycles. The number of aromatic hydroxyl groups is 1. The minimum atomic E-state index is -0.0651. The Morgan fingerprint density at radius 2 is 1.90 bits per heavy atom. The van der Waals surface area contributed by atoms with E-state index in [0.717, 1.165) is 30.5 Å². The van der Waals surface area contributed by atoms with Crippen LogP contribution >= 0.6 is 0 Å². The van der Waals surface area contributed by atoms with Gasteiger partial charge >= 0.3 is 0 Å². The molecule has 0 bridgehead atoms. The van der Waals surface area contributed by atoms with Gasteiger partial charge in [0.05, 0.1) is 0 Å². The van der Waals surface area contributed by atoms with Crippen molar-refractivity contribution in [3.8, 4) is 5.75 Å². The van der Waals surface area contributed by atoms with Crippen molar-refractivity contribution in [2.75, 3.05) is 6.54 Å². The molecule has 0 unspecified atom stereocenters. The molecule has 0 atom stereocenters. The minimum Gasteiger partial charge on any atom is -0.507 e. The van der Waals surface area contributed by atoms with E-state index in [1.54, 1.807) is 0 Å². The third-order valence-corrected chi connectivity index (χ3v) is 3.23. The summed E-state index contributed by atoms with van der Waals surface area (Å²) in [5.74, 6) is 0.984. The van der Waals surface area contributed by atoms with Crippen LogP contribution in [0.3, 0.4) is 0 Å². The molecule has 0 aliphatic carbocycles. The van der Waals surface area contributed by atoms with Crippen molar-refractivity contribution in [3.63, 3.8) is 0 Å². The second kappa shape index (κ2) is 6.92. The van der Waals surface area contributed by atoms with Crippen LogP contribution in [0.2, 0.25) is 0 Å². The van der Waals surface area contributed by atoms with E-state index in [0.29, 0.717) is 11.7 Å². The SMILES string of the molecule is CCCN=Cc1cc(CC(C)C)cc(C(C)(C)C)c1O. The number of aliphatic imine (C=N–C) groups is 1. The molecule has 0 heterocycles. The molecule has 0 spiro atoms. The first kappa shape index (κ1) is 16.7. The summed E-state index contributed by atoms with van der Waals surface area (Å²) < 4.78 is 0. The minimum absolute atomic E-state index is 0.0651. The second-order valence-corrected chi connectivity index (χ2v) is 6.96. The van der Waals surface area contributed by atoms with Crippen molar-refractivity contribution in [1.29, 1.82) is 0 Å². The molecule has 0 fully saturated rings. The smallest absolute Gasteiger partial charge is 0.128 e. The molecule has 0 aliphatic rings. The Labute approximate surface area is 124 Å². The monoisotopic (exact) mass is 275 g/mol. The van der Waals surface area contributed by atoms with E-state index >= 15 is 0 Å². The molecule has 0 amide bonds. The number of phenols is 1. The van der Waals surface area contributed by atoms with E-state index < -0.39 is 0 Å². The van der Waals surface area contributed by atoms with Gasteiger partial charge in [0.1, 0.15) is 5.75 Å². The summed E-state index contributed by atoms with van der Waals surface area (Å²) in [5, 5.41) is 10.5. The molecule has 1 N–H and O–H groups in total. The van der Waals surface area contributed by atoms with Crippen LogP contribution in [0.5, 0.6) is 5.75 Å². The predicted molar refractivity (Wildman–Crippen MR) is 88.1 cm³/mol. The van der Waals surface area contributed by atoms with Crippen molar-refractivity contribution in [1.82, 2.24) is 0 Å². The number of rotatable bonds is 5. The maximum Gasteiger partial charge on any atom is 0.128 e. The molecule has 2 heteroatoms. The number of hydrogen-bond acceptors (Lipinski definition) is 2. The molecule has 112 valence electrons. The number of benzene rings is 1. The predicted octanol–water partition coefficient (Wildman–Crippen LogP) is 4.72. The lowest BCUT2D eigenvalue weighted by Crippen LogP contribution is -2.13. The number of hydrogen-bond donors (Lipinski definition) is 1. The maximum absolute atomic E-state index is 10.5. The largest absolute Gasteiger partial charge is 0.507 e. The molecular weight excluding hydrogens is 246 g/mol. The van der Waals surface area contributed by atoms with Gasteiger partial charge in [-0.25, -0.2) is 0 Å². The van der Waals surface area contributed by atoms with E-state index in [2.05, 4.69) is 58.7 Å². The van der Waals surface area contributed by atoms with Crippen molar-refractivity contribution in [2.45, 2.75) is 59.8 Å². The van der Waals surface area contributed by atoms with Crippen LogP contribution in [0.1, 0.15) is 64.7 Å². The molecule has 1 rings (SSSR count). The van der Waals surface area contributed by atoms with Gasteiger partial charge in [0.2, 0.25) is 0 Å². The molecule has 0 aliphatic heterocycles. The van der Waals surface area contributed by atoms with Crippen LogP contribution in [0.4, 0.5) is 0 Å². The Balaban J connectivity index is 3.27. The molecule has 2 nitrogen and oxygen atoms in total. The zero-order valence-electron chi connectivity index (χ0n) is 13.8. The lowest BCUT2D eigenvalue weighted by molar-refractivity contribution is 0.445. The standard InChI is InChI=1S/C18H29NO/c1-7-8-19-12-15-10-14(9-13(2)3)11-16(17(15)20)18(4,5)6/h10-13,20H,7-9H2,1-6H3. The van der Waals surface area contributed by atoms with Gasteiger partial charge < -0.3 is 5.11 Å². The Morgan fingerprint density at radius 1 is 1.25 bits per heavy atom. The number of nitrogens with zero attached hydrogens (tertiary/aromatic N) is 1. The van der Waals surface area contributed by atoms with Gasteiger partial charge in [0.15, 0.2) is 0 Å². The van der Waals surface area contributed by atoms with Gasteiger partial charge in [-0.15, -0.1) is 0 Å². The fourth-order valence-electron chi connectivity index (χ4n) is 2.27. The summed E-state index contributed by atoms with van der Waals surface area (Å²) in [6.07, 6.45) is 3.87. The lowest BCUT2D eigenvalue weighted by Gasteiger charge is -2.23. The van der Waals surface area contributed by atoms with Gasteiger partial charge in [-0.2, -0.15) is 0 Å². The molecule has 0 radical (unpaired) electrons. The topological polar surface area (TPSA) is 32.6 Å². The van der Waals surface area contributed by atoms with Crippen LogP contribution in [-0.2, 0) is 11.8 Å². The third kappa shape index (κ3) is 4.66. The fourth-order valence-corrected chi connectivity index (χ4v) is 2.27. The normalized spacial score (nSPS) is 12.6. The first-order valence-corrected chi connectivity index (χ1v) is 7.62. The Morgan fingerprint density at radius 3 is 2.40 bits per heavy atom. The highest BCUT2D eigenvalue weighted by Gasteiger charge is 2.21. The Bertz CT molecular complexity index is 467. The molecule has 20 heavy (non-hydrogen) atoms. The first-order chi connectivity index (χ1) is 9.25. The van der Waals surface area contributed by atoms with Crippen molar-refractivity contribution in [2.24, 2.45) is 10.9 Å². The fraction of sp³-hybridized carbons (Fsp3) is 0.611. The highest BCUT2D eigenvalue weighted by atomic mass is 16.3. The van der Waals surface area contributed by atoms with E-state index in [9.17, 15) is 5.11 Å². The quantitative estimate of drug-likeness (QED) is 0.775. The van der Waals surface area contributed by atoms with Crippen LogP contribution in [-0.4, -0.2) is 17.9 Å². The highest BCUT2D eigenvalue weighted by Crippen LogP contribution is 2.34. The van der Waals surface area contributed by atoms with E-state index in [-0.39, 0.29) is 5.41 Å². The Kier molecular flexibility index (Phi) is 5.79. The zero-order chi connectivity index (χ0) is 15.3. The third-order valence-electron chi connectivity index (χ3n) is 3.23. The zero-order valence-corrected chi connectivity index (χ0v) is 13.8. The van der Waals surface area contributed by atoms with E-state index in [1.165, 1.54) is 5.56 Å². The lowest BCUT2D eigenvalue weighted by atomic mass is 9.83. The average molecular weight is 275 g/mol. The Hall–Kier alpha value is -1.31. The second-order valence-electron chi connectivity index (χ2n) is 6.96. The highest BCUT2D eigenvalue weighted by molar-refractivity contribution is 5.84. The molecule has 1 aromatic carbocycles. The van der Waals surface area contributed by atoms with Gasteiger partial charge in [-0.1, -0.05) is 47.6 Å². The van der Waals surface area contributed by atoms with Crippen LogP contribution < -0.4 is 0 Å². The summed E-state index contributed by atoms with van der Waals surface area (Å²) in [4.78, 5) is 4.38. The van der Waals surface area contributed by atoms with Gasteiger partial charge in [-0.3, -0.25) is 4.99 Å². The van der Waals surface area contributed by atoms with Gasteiger partial charge in [-0.05, 0) is 35.8 Å². The summed E-state index contributed by atoms with van der Waals surface area (Å²) in [5.41, 5.74) is 3.07. The van der Waals surface area contributed by atoms with Crippen LogP contribution in [0.25, 0.3) is 0 Å². The van der Waals surface area contributed by atoms with Crippen molar-refractivity contribution in [3.05, 3.63) is 28.8 Å². The molecule has 0 saturated carbocycles. The summed E-state index contributed by atoms with van der Waals surface area (Å²) >= 11 is 0. The van der Waals surface area contributed by atoms with E-state index in [1.807, 2.05) is 6.21 Å². The average Bonchev–Trinajstić information content (AvgIpc) is 2.31. The first-order valence-electron chi connectivity index (χ1n) is 7.62. The van der Waals surface area contributed by atoms with Crippen LogP contribution in [0, 0.1) is 5.92 Å². The van der Waals surface area contributed by atoms with Crippen molar-refractivity contribution >= 4 is 6.21 Å². The summed E-state index contributed by atoms with van der Waals surface area (Å²) in [6, 6.07) is 4.22. The van der Waals surface area contributed by atoms with E-state index in [4.69, 9.17) is 0 Å². The maximum atomic E-state index is 10.5. The molecule has 0 aromatic heterocycles. The summed E-state index contributed by atoms with van der Waals surface area (Å²) in [7, 11) is 0. The van der Waals surface area contributed by atoms with Crippen molar-refractivity contribution < 1.29 is 5.11 Å². The molecular formula is C18H29NO. The van der Waals surface area contributed by atoms with Gasteiger partial charge in [0, 0.05) is 23.9 Å². The number of phenolic OH excluding ortho intramolecular Hbond substituents is 1. The van der Waals surface area contributed by atoms with Gasteiger partial charge in [0.25, 0.3) is 0 Å². The van der Waals surface area contributed by atoms with Crippen LogP contribution in [0.15, 0.2) is 17.1 Å².